The summed E-state index contributed by atoms with van der Waals surface area (Å²) in [5.74, 6) is -0.198. The van der Waals surface area contributed by atoms with E-state index in [-0.39, 0.29) is 5.91 Å². The van der Waals surface area contributed by atoms with Gasteiger partial charge in [0.05, 0.1) is 10.7 Å². The first-order chi connectivity index (χ1) is 8.08. The second-order valence-electron chi connectivity index (χ2n) is 3.18. The minimum atomic E-state index is -0.198. The quantitative estimate of drug-likeness (QED) is 0.804. The maximum absolute atomic E-state index is 11.9. The van der Waals surface area contributed by atoms with Gasteiger partial charge >= 0.3 is 0 Å². The molecule has 0 spiro atoms. The minimum absolute atomic E-state index is 0.198. The Morgan fingerprint density at radius 2 is 2.06 bits per heavy atom. The molecule has 0 fully saturated rings. The number of halogens is 3. The number of amides is 1. The number of carbonyl (C=O) groups excluding carboxylic acids is 1. The number of nitrogens with one attached hydrogen (secondary N) is 1. The van der Waals surface area contributed by atoms with Crippen LogP contribution in [-0.4, -0.2) is 5.91 Å². The summed E-state index contributed by atoms with van der Waals surface area (Å²) in [5.41, 5.74) is 0.543. The van der Waals surface area contributed by atoms with Crippen molar-refractivity contribution in [3.05, 3.63) is 49.0 Å². The van der Waals surface area contributed by atoms with Crippen LogP contribution in [0.25, 0.3) is 0 Å². The highest BCUT2D eigenvalue weighted by Crippen LogP contribution is 2.28. The van der Waals surface area contributed by atoms with E-state index in [0.29, 0.717) is 20.6 Å². The van der Waals surface area contributed by atoms with Crippen LogP contribution in [0.1, 0.15) is 9.67 Å². The zero-order chi connectivity index (χ0) is 12.4. The first-order valence-electron chi connectivity index (χ1n) is 4.57. The van der Waals surface area contributed by atoms with Crippen LogP contribution < -0.4 is 5.32 Å². The van der Waals surface area contributed by atoms with Crippen molar-refractivity contribution < 1.29 is 4.79 Å². The van der Waals surface area contributed by atoms with Gasteiger partial charge < -0.3 is 5.32 Å². The molecule has 0 bridgehead atoms. The lowest BCUT2D eigenvalue weighted by Gasteiger charge is -2.06. The number of anilines is 1. The topological polar surface area (TPSA) is 29.1 Å². The summed E-state index contributed by atoms with van der Waals surface area (Å²) in [6, 6.07) is 6.75. The Hall–Kier alpha value is -0.550. The molecule has 88 valence electrons. The minimum Gasteiger partial charge on any atom is -0.320 e. The standard InChI is InChI=1S/C11H6BrCl2NOS/c12-7-3-4-17-10(7)11(16)15-9-2-1-6(13)5-8(9)14/h1-5H,(H,15,16). The summed E-state index contributed by atoms with van der Waals surface area (Å²) < 4.78 is 0.769. The smallest absolute Gasteiger partial charge is 0.266 e. The van der Waals surface area contributed by atoms with Crippen LogP contribution in [0.15, 0.2) is 34.1 Å². The van der Waals surface area contributed by atoms with Crippen molar-refractivity contribution >= 4 is 62.1 Å². The molecule has 2 nitrogen and oxygen atoms in total. The maximum Gasteiger partial charge on any atom is 0.266 e. The molecule has 1 amide bonds. The van der Waals surface area contributed by atoms with Gasteiger partial charge in [-0.25, -0.2) is 0 Å². The molecule has 0 saturated carbocycles. The van der Waals surface area contributed by atoms with Gasteiger partial charge in [-0.2, -0.15) is 0 Å². The van der Waals surface area contributed by atoms with Gasteiger partial charge in [0.1, 0.15) is 4.88 Å². The molecule has 0 saturated heterocycles. The lowest BCUT2D eigenvalue weighted by atomic mass is 10.3. The molecule has 2 rings (SSSR count). The van der Waals surface area contributed by atoms with E-state index in [1.807, 2.05) is 11.4 Å². The normalized spacial score (nSPS) is 10.3. The lowest BCUT2D eigenvalue weighted by molar-refractivity contribution is 0.103. The zero-order valence-electron chi connectivity index (χ0n) is 8.34. The van der Waals surface area contributed by atoms with E-state index < -0.39 is 0 Å². The Bertz CT molecular complexity index is 570. The molecule has 1 aromatic heterocycles. The summed E-state index contributed by atoms with van der Waals surface area (Å²) >= 11 is 16.4. The molecule has 1 aromatic carbocycles. The molecule has 17 heavy (non-hydrogen) atoms. The molecule has 0 aliphatic heterocycles. The van der Waals surface area contributed by atoms with Crippen molar-refractivity contribution in [1.29, 1.82) is 0 Å². The Labute approximate surface area is 121 Å². The molecule has 0 unspecified atom stereocenters. The SMILES string of the molecule is O=C(Nc1ccc(Cl)cc1Cl)c1sccc1Br. The largest absolute Gasteiger partial charge is 0.320 e. The Kier molecular flexibility index (Phi) is 4.09. The third kappa shape index (κ3) is 3.01. The predicted molar refractivity (Wildman–Crippen MR) is 76.4 cm³/mol. The second-order valence-corrected chi connectivity index (χ2v) is 5.79. The first kappa shape index (κ1) is 12.9. The van der Waals surface area contributed by atoms with E-state index in [9.17, 15) is 4.79 Å². The zero-order valence-corrected chi connectivity index (χ0v) is 12.3. The van der Waals surface area contributed by atoms with Crippen molar-refractivity contribution in [1.82, 2.24) is 0 Å². The lowest BCUT2D eigenvalue weighted by Crippen LogP contribution is -2.10. The fraction of sp³-hybridized carbons (Fsp3) is 0. The third-order valence-corrected chi connectivity index (χ3v) is 4.39. The Morgan fingerprint density at radius 3 is 2.65 bits per heavy atom. The maximum atomic E-state index is 11.9. The van der Waals surface area contributed by atoms with Gasteiger partial charge in [0.15, 0.2) is 0 Å². The average Bonchev–Trinajstić information content (AvgIpc) is 2.68. The second kappa shape index (κ2) is 5.40. The van der Waals surface area contributed by atoms with Crippen LogP contribution in [0.3, 0.4) is 0 Å². The number of hydrogen-bond acceptors (Lipinski definition) is 2. The third-order valence-electron chi connectivity index (χ3n) is 2.00. The van der Waals surface area contributed by atoms with Crippen LogP contribution in [0.4, 0.5) is 5.69 Å². The highest BCUT2D eigenvalue weighted by molar-refractivity contribution is 9.10. The molecule has 2 aromatic rings. The molecule has 0 radical (unpaired) electrons. The summed E-state index contributed by atoms with van der Waals surface area (Å²) in [4.78, 5) is 12.5. The number of carbonyl (C=O) groups is 1. The molecule has 0 aliphatic carbocycles. The van der Waals surface area contributed by atoms with Crippen LogP contribution in [-0.2, 0) is 0 Å². The molecule has 0 aliphatic rings. The number of thiophene rings is 1. The molecule has 1 heterocycles. The van der Waals surface area contributed by atoms with Gasteiger partial charge in [-0.1, -0.05) is 23.2 Å². The fourth-order valence-corrected chi connectivity index (χ4v) is 3.13. The van der Waals surface area contributed by atoms with Gasteiger partial charge in [0.25, 0.3) is 5.91 Å². The van der Waals surface area contributed by atoms with E-state index in [1.165, 1.54) is 11.3 Å². The summed E-state index contributed by atoms with van der Waals surface area (Å²) in [7, 11) is 0. The van der Waals surface area contributed by atoms with Crippen molar-refractivity contribution in [2.24, 2.45) is 0 Å². The summed E-state index contributed by atoms with van der Waals surface area (Å²) in [5, 5.41) is 5.52. The predicted octanol–water partition coefficient (Wildman–Crippen LogP) is 5.07. The van der Waals surface area contributed by atoms with Crippen molar-refractivity contribution in [2.45, 2.75) is 0 Å². The van der Waals surface area contributed by atoms with Gasteiger partial charge in [-0.15, -0.1) is 11.3 Å². The van der Waals surface area contributed by atoms with Crippen molar-refractivity contribution in [3.63, 3.8) is 0 Å². The molecule has 0 atom stereocenters. The van der Waals surface area contributed by atoms with Gasteiger partial charge in [-0.3, -0.25) is 4.79 Å². The van der Waals surface area contributed by atoms with Crippen molar-refractivity contribution in [2.75, 3.05) is 5.32 Å². The number of hydrogen-bond donors (Lipinski definition) is 1. The number of rotatable bonds is 2. The molecule has 1 N–H and O–H groups in total. The molecule has 6 heteroatoms. The van der Waals surface area contributed by atoms with Gasteiger partial charge in [0, 0.05) is 9.50 Å². The van der Waals surface area contributed by atoms with E-state index in [4.69, 9.17) is 23.2 Å². The highest BCUT2D eigenvalue weighted by atomic mass is 79.9. The number of benzene rings is 1. The van der Waals surface area contributed by atoms with Crippen LogP contribution in [0.2, 0.25) is 10.0 Å². The van der Waals surface area contributed by atoms with Gasteiger partial charge in [-0.05, 0) is 45.6 Å². The van der Waals surface area contributed by atoms with E-state index in [1.54, 1.807) is 18.2 Å². The van der Waals surface area contributed by atoms with Crippen LogP contribution in [0, 0.1) is 0 Å². The van der Waals surface area contributed by atoms with Crippen molar-refractivity contribution in [3.8, 4) is 0 Å². The Balaban J connectivity index is 2.22. The molecular weight excluding hydrogens is 345 g/mol. The van der Waals surface area contributed by atoms with Crippen LogP contribution in [0.5, 0.6) is 0 Å². The monoisotopic (exact) mass is 349 g/mol. The Morgan fingerprint density at radius 1 is 1.29 bits per heavy atom. The van der Waals surface area contributed by atoms with Crippen LogP contribution >= 0.6 is 50.5 Å². The van der Waals surface area contributed by atoms with Gasteiger partial charge in [0.2, 0.25) is 0 Å². The van der Waals surface area contributed by atoms with E-state index in [2.05, 4.69) is 21.2 Å². The molecular formula is C11H6BrCl2NOS. The highest BCUT2D eigenvalue weighted by Gasteiger charge is 2.13. The van der Waals surface area contributed by atoms with E-state index in [0.717, 1.165) is 4.47 Å². The summed E-state index contributed by atoms with van der Waals surface area (Å²) in [6.45, 7) is 0. The van der Waals surface area contributed by atoms with E-state index >= 15 is 0 Å². The first-order valence-corrected chi connectivity index (χ1v) is 7.00. The summed E-state index contributed by atoms with van der Waals surface area (Å²) in [6.07, 6.45) is 0. The fourth-order valence-electron chi connectivity index (χ4n) is 1.23. The average molecular weight is 351 g/mol.